The molecule has 8 nitrogen and oxygen atoms in total. The number of likely N-dealkylation sites (N-methyl/N-ethyl adjacent to an activating group) is 1. The predicted molar refractivity (Wildman–Crippen MR) is 157 cm³/mol. The van der Waals surface area contributed by atoms with Gasteiger partial charge in [-0.3, -0.25) is 4.90 Å². The third kappa shape index (κ3) is 5.78. The molecule has 0 spiro atoms. The highest BCUT2D eigenvalue weighted by atomic mass is 19.1. The van der Waals surface area contributed by atoms with Crippen molar-refractivity contribution in [2.45, 2.75) is 47.2 Å². The number of imidazole rings is 1. The summed E-state index contributed by atoms with van der Waals surface area (Å²) in [7, 11) is 0. The standard InChI is InChI=1S/C30H38F2N8/c1-6-33-26-16-23(9-8-21(26)18-39-12-10-38(7-2)11-13-39)36-30-34-17-25(32)28(37-30)22-14-24(31)29-27(15-22)40(19(3)4)20(5)35-29/h8-9,14-17,19,33H,6-7,10-13,18H2,1-5H3,(H,34,36,37). The maximum Gasteiger partial charge on any atom is 0.227 e. The molecule has 1 aliphatic heterocycles. The number of halogens is 2. The van der Waals surface area contributed by atoms with Crippen molar-refractivity contribution in [3.63, 3.8) is 0 Å². The minimum absolute atomic E-state index is 0.0298. The minimum Gasteiger partial charge on any atom is -0.385 e. The molecule has 1 saturated heterocycles. The average molecular weight is 549 g/mol. The van der Waals surface area contributed by atoms with E-state index in [1.165, 1.54) is 11.6 Å². The monoisotopic (exact) mass is 548 g/mol. The molecule has 4 aromatic rings. The van der Waals surface area contributed by atoms with Crippen molar-refractivity contribution in [1.82, 2.24) is 29.3 Å². The Morgan fingerprint density at radius 1 is 0.950 bits per heavy atom. The normalized spacial score (nSPS) is 14.8. The van der Waals surface area contributed by atoms with Crippen LogP contribution >= 0.6 is 0 Å². The second kappa shape index (κ2) is 11.9. The van der Waals surface area contributed by atoms with Gasteiger partial charge >= 0.3 is 0 Å². The number of nitrogens with one attached hydrogen (secondary N) is 2. The number of aromatic nitrogens is 4. The predicted octanol–water partition coefficient (Wildman–Crippen LogP) is 5.97. The van der Waals surface area contributed by atoms with Crippen LogP contribution in [-0.2, 0) is 6.54 Å². The summed E-state index contributed by atoms with van der Waals surface area (Å²) in [4.78, 5) is 17.9. The Bertz CT molecular complexity index is 1490. The molecule has 1 aliphatic rings. The number of benzene rings is 2. The molecule has 0 atom stereocenters. The van der Waals surface area contributed by atoms with E-state index >= 15 is 4.39 Å². The van der Waals surface area contributed by atoms with Gasteiger partial charge in [-0.2, -0.15) is 0 Å². The summed E-state index contributed by atoms with van der Waals surface area (Å²) < 4.78 is 32.0. The molecule has 0 radical (unpaired) electrons. The van der Waals surface area contributed by atoms with Crippen LogP contribution in [-0.4, -0.2) is 68.6 Å². The number of hydrogen-bond acceptors (Lipinski definition) is 7. The van der Waals surface area contributed by atoms with E-state index in [1.54, 1.807) is 6.07 Å². The first-order valence-corrected chi connectivity index (χ1v) is 14.1. The minimum atomic E-state index is -0.622. The first-order chi connectivity index (χ1) is 19.3. The van der Waals surface area contributed by atoms with Gasteiger partial charge in [-0.1, -0.05) is 13.0 Å². The number of anilines is 3. The lowest BCUT2D eigenvalue weighted by Gasteiger charge is -2.34. The van der Waals surface area contributed by atoms with Crippen LogP contribution in [0.25, 0.3) is 22.3 Å². The molecule has 0 aliphatic carbocycles. The van der Waals surface area contributed by atoms with Gasteiger partial charge < -0.3 is 20.1 Å². The fourth-order valence-corrected chi connectivity index (χ4v) is 5.47. The zero-order valence-corrected chi connectivity index (χ0v) is 23.9. The molecule has 0 amide bonds. The third-order valence-electron chi connectivity index (χ3n) is 7.50. The Morgan fingerprint density at radius 2 is 1.70 bits per heavy atom. The van der Waals surface area contributed by atoms with Crippen LogP contribution in [0.5, 0.6) is 0 Å². The Labute approximate surface area is 234 Å². The first-order valence-electron chi connectivity index (χ1n) is 14.1. The third-order valence-corrected chi connectivity index (χ3v) is 7.50. The Balaban J connectivity index is 1.41. The molecule has 2 aromatic carbocycles. The maximum atomic E-state index is 15.1. The lowest BCUT2D eigenvalue weighted by Crippen LogP contribution is -2.45. The van der Waals surface area contributed by atoms with Crippen LogP contribution in [0, 0.1) is 18.6 Å². The van der Waals surface area contributed by atoms with Crippen LogP contribution in [0.15, 0.2) is 36.5 Å². The highest BCUT2D eigenvalue weighted by Gasteiger charge is 2.19. The highest BCUT2D eigenvalue weighted by molar-refractivity contribution is 5.83. The number of hydrogen-bond donors (Lipinski definition) is 2. The van der Waals surface area contributed by atoms with Gasteiger partial charge in [0.1, 0.15) is 17.0 Å². The van der Waals surface area contributed by atoms with Crippen LogP contribution < -0.4 is 10.6 Å². The zero-order valence-electron chi connectivity index (χ0n) is 23.9. The van der Waals surface area contributed by atoms with Gasteiger partial charge in [0.2, 0.25) is 5.95 Å². The quantitative estimate of drug-likeness (QED) is 0.267. The van der Waals surface area contributed by atoms with E-state index < -0.39 is 11.6 Å². The fraction of sp³-hybridized carbons (Fsp3) is 0.433. The van der Waals surface area contributed by atoms with Crippen LogP contribution in [0.2, 0.25) is 0 Å². The fourth-order valence-electron chi connectivity index (χ4n) is 5.47. The maximum absolute atomic E-state index is 15.1. The molecule has 3 heterocycles. The van der Waals surface area contributed by atoms with Crippen molar-refractivity contribution >= 4 is 28.4 Å². The molecule has 2 N–H and O–H groups in total. The molecule has 0 saturated carbocycles. The van der Waals surface area contributed by atoms with Crippen LogP contribution in [0.1, 0.15) is 45.1 Å². The molecular weight excluding hydrogens is 510 g/mol. The van der Waals surface area contributed by atoms with Crippen molar-refractivity contribution < 1.29 is 8.78 Å². The van der Waals surface area contributed by atoms with Gasteiger partial charge in [-0.05, 0) is 64.1 Å². The lowest BCUT2D eigenvalue weighted by molar-refractivity contribution is 0.132. The second-order valence-electron chi connectivity index (χ2n) is 10.6. The summed E-state index contributed by atoms with van der Waals surface area (Å²) in [6.07, 6.45) is 1.12. The van der Waals surface area contributed by atoms with Crippen LogP contribution in [0.4, 0.5) is 26.1 Å². The topological polar surface area (TPSA) is 74.1 Å². The average Bonchev–Trinajstić information content (AvgIpc) is 3.28. The number of rotatable bonds is 9. The van der Waals surface area contributed by atoms with E-state index in [0.717, 1.165) is 63.4 Å². The smallest absolute Gasteiger partial charge is 0.227 e. The van der Waals surface area contributed by atoms with Gasteiger partial charge in [0.05, 0.1) is 11.7 Å². The van der Waals surface area contributed by atoms with Crippen LogP contribution in [0.3, 0.4) is 0 Å². The molecule has 2 aromatic heterocycles. The molecular formula is C30H38F2N8. The lowest BCUT2D eigenvalue weighted by atomic mass is 10.1. The molecule has 5 rings (SSSR count). The van der Waals surface area contributed by atoms with Crippen molar-refractivity contribution in [3.05, 3.63) is 59.6 Å². The summed E-state index contributed by atoms with van der Waals surface area (Å²) in [5.74, 6) is -0.195. The number of nitrogens with zero attached hydrogens (tertiary/aromatic N) is 6. The van der Waals surface area contributed by atoms with E-state index in [-0.39, 0.29) is 23.2 Å². The largest absolute Gasteiger partial charge is 0.385 e. The summed E-state index contributed by atoms with van der Waals surface area (Å²) in [6, 6.07) is 9.22. The molecule has 0 unspecified atom stereocenters. The summed E-state index contributed by atoms with van der Waals surface area (Å²) >= 11 is 0. The van der Waals surface area contributed by atoms with Crippen molar-refractivity contribution in [2.24, 2.45) is 0 Å². The van der Waals surface area contributed by atoms with Crippen molar-refractivity contribution in [2.75, 3.05) is 49.9 Å². The zero-order chi connectivity index (χ0) is 28.4. The second-order valence-corrected chi connectivity index (χ2v) is 10.6. The van der Waals surface area contributed by atoms with E-state index in [1.807, 2.05) is 37.5 Å². The molecule has 0 bridgehead atoms. The summed E-state index contributed by atoms with van der Waals surface area (Å²) in [6.45, 7) is 17.2. The number of aryl methyl sites for hydroxylation is 1. The van der Waals surface area contributed by atoms with Gasteiger partial charge in [0.15, 0.2) is 11.6 Å². The Hall–Kier alpha value is -3.63. The Kier molecular flexibility index (Phi) is 8.27. The number of piperazine rings is 1. The van der Waals surface area contributed by atoms with Crippen molar-refractivity contribution in [3.8, 4) is 11.3 Å². The molecule has 40 heavy (non-hydrogen) atoms. The summed E-state index contributed by atoms with van der Waals surface area (Å²) in [5, 5.41) is 6.68. The van der Waals surface area contributed by atoms with Gasteiger partial charge in [0, 0.05) is 62.2 Å². The van der Waals surface area contributed by atoms with Crippen molar-refractivity contribution in [1.29, 1.82) is 0 Å². The molecule has 212 valence electrons. The van der Waals surface area contributed by atoms with E-state index in [9.17, 15) is 4.39 Å². The van der Waals surface area contributed by atoms with Gasteiger partial charge in [0.25, 0.3) is 0 Å². The van der Waals surface area contributed by atoms with Gasteiger partial charge in [-0.15, -0.1) is 0 Å². The summed E-state index contributed by atoms with van der Waals surface area (Å²) in [5.41, 5.74) is 4.28. The van der Waals surface area contributed by atoms with E-state index in [2.05, 4.69) is 55.3 Å². The highest BCUT2D eigenvalue weighted by Crippen LogP contribution is 2.31. The Morgan fingerprint density at radius 3 is 2.40 bits per heavy atom. The molecule has 1 fully saturated rings. The van der Waals surface area contributed by atoms with Gasteiger partial charge in [-0.25, -0.2) is 23.7 Å². The number of fused-ring (bicyclic) bond motifs is 1. The van der Waals surface area contributed by atoms with E-state index in [0.29, 0.717) is 16.9 Å². The van der Waals surface area contributed by atoms with E-state index in [4.69, 9.17) is 0 Å². The first kappa shape index (κ1) is 27.9. The SMILES string of the molecule is CCNc1cc(Nc2ncc(F)c(-c3cc(F)c4nc(C)n(C(C)C)c4c3)n2)ccc1CN1CCN(CC)CC1. The molecule has 10 heteroatoms.